The molecule has 0 aliphatic carbocycles. The number of carbonyl (C=O) groups is 1. The molecule has 6 nitrogen and oxygen atoms in total. The first-order chi connectivity index (χ1) is 10.8. The zero-order valence-corrected chi connectivity index (χ0v) is 15.6. The minimum absolute atomic E-state index is 0.106. The van der Waals surface area contributed by atoms with Gasteiger partial charge in [-0.15, -0.1) is 0 Å². The van der Waals surface area contributed by atoms with Crippen LogP contribution in [0.4, 0.5) is 5.69 Å². The molecule has 1 amide bonds. The van der Waals surface area contributed by atoms with Crippen molar-refractivity contribution in [3.05, 3.63) is 16.6 Å². The summed E-state index contributed by atoms with van der Waals surface area (Å²) < 4.78 is 33.5. The Morgan fingerprint density at radius 3 is 2.83 bits per heavy atom. The van der Waals surface area contributed by atoms with Crippen LogP contribution in [0.2, 0.25) is 0 Å². The Labute approximate surface area is 145 Å². The molecular weight excluding hydrogens is 384 g/mol. The van der Waals surface area contributed by atoms with E-state index < -0.39 is 10.0 Å². The second kappa shape index (κ2) is 7.63. The number of hydrogen-bond acceptors (Lipinski definition) is 4. The van der Waals surface area contributed by atoms with Crippen molar-refractivity contribution in [2.45, 2.75) is 50.5 Å². The zero-order valence-electron chi connectivity index (χ0n) is 13.2. The van der Waals surface area contributed by atoms with Crippen molar-refractivity contribution in [2.75, 3.05) is 11.9 Å². The lowest BCUT2D eigenvalue weighted by Gasteiger charge is -2.20. The van der Waals surface area contributed by atoms with Gasteiger partial charge in [0.15, 0.2) is 6.61 Å². The maximum absolute atomic E-state index is 12.6. The van der Waals surface area contributed by atoms with Gasteiger partial charge in [0.1, 0.15) is 5.75 Å². The second-order valence-corrected chi connectivity index (χ2v) is 8.17. The monoisotopic (exact) mass is 404 g/mol. The van der Waals surface area contributed by atoms with E-state index in [0.29, 0.717) is 15.9 Å². The third-order valence-electron chi connectivity index (χ3n) is 3.55. The fraction of sp³-hybridized carbons (Fsp3) is 0.533. The van der Waals surface area contributed by atoms with E-state index in [0.717, 1.165) is 25.7 Å². The summed E-state index contributed by atoms with van der Waals surface area (Å²) in [5.41, 5.74) is 0.461. The molecular formula is C15H21BrN2O4S. The SMILES string of the molecule is CCCCC[C@@H](C)NS(=O)(=O)c1cc2c(cc1Br)NC(=O)CO2. The van der Waals surface area contributed by atoms with Crippen molar-refractivity contribution < 1.29 is 17.9 Å². The molecule has 1 heterocycles. The van der Waals surface area contributed by atoms with Crippen LogP contribution in [0.15, 0.2) is 21.5 Å². The summed E-state index contributed by atoms with van der Waals surface area (Å²) in [5, 5.41) is 2.65. The van der Waals surface area contributed by atoms with Crippen LogP contribution in [-0.2, 0) is 14.8 Å². The van der Waals surface area contributed by atoms with Crippen molar-refractivity contribution in [2.24, 2.45) is 0 Å². The van der Waals surface area contributed by atoms with E-state index in [2.05, 4.69) is 32.9 Å². The van der Waals surface area contributed by atoms with Gasteiger partial charge in [0.25, 0.3) is 5.91 Å². The fourth-order valence-corrected chi connectivity index (χ4v) is 4.71. The highest BCUT2D eigenvalue weighted by Gasteiger charge is 2.25. The molecule has 0 bridgehead atoms. The number of benzene rings is 1. The van der Waals surface area contributed by atoms with Gasteiger partial charge in [-0.2, -0.15) is 0 Å². The number of fused-ring (bicyclic) bond motifs is 1. The van der Waals surface area contributed by atoms with Crippen LogP contribution in [-0.4, -0.2) is 27.0 Å². The van der Waals surface area contributed by atoms with Crippen LogP contribution in [0.25, 0.3) is 0 Å². The number of hydrogen-bond donors (Lipinski definition) is 2. The predicted octanol–water partition coefficient (Wildman–Crippen LogP) is 3.03. The lowest BCUT2D eigenvalue weighted by Crippen LogP contribution is -2.33. The molecule has 8 heteroatoms. The summed E-state index contributed by atoms with van der Waals surface area (Å²) in [4.78, 5) is 11.4. The summed E-state index contributed by atoms with van der Waals surface area (Å²) in [5.74, 6) is 0.0921. The van der Waals surface area contributed by atoms with Gasteiger partial charge in [-0.25, -0.2) is 13.1 Å². The molecule has 0 radical (unpaired) electrons. The third kappa shape index (κ3) is 4.68. The van der Waals surface area contributed by atoms with E-state index in [1.165, 1.54) is 6.07 Å². The van der Waals surface area contributed by atoms with E-state index in [9.17, 15) is 13.2 Å². The van der Waals surface area contributed by atoms with Gasteiger partial charge >= 0.3 is 0 Å². The van der Waals surface area contributed by atoms with Crippen LogP contribution < -0.4 is 14.8 Å². The first kappa shape index (κ1) is 18.2. The highest BCUT2D eigenvalue weighted by Crippen LogP contribution is 2.35. The Hall–Kier alpha value is -1.12. The van der Waals surface area contributed by atoms with Crippen LogP contribution in [0.5, 0.6) is 5.75 Å². The van der Waals surface area contributed by atoms with Gasteiger partial charge in [0, 0.05) is 16.6 Å². The number of sulfonamides is 1. The molecule has 0 saturated heterocycles. The summed E-state index contributed by atoms with van der Waals surface area (Å²) in [6.07, 6.45) is 3.96. The lowest BCUT2D eigenvalue weighted by molar-refractivity contribution is -0.118. The number of unbranched alkanes of at least 4 members (excludes halogenated alkanes) is 2. The molecule has 23 heavy (non-hydrogen) atoms. The van der Waals surface area contributed by atoms with E-state index in [4.69, 9.17) is 4.74 Å². The largest absolute Gasteiger partial charge is 0.482 e. The average molecular weight is 405 g/mol. The molecule has 1 atom stereocenters. The van der Waals surface area contributed by atoms with Gasteiger partial charge in [0.05, 0.1) is 10.6 Å². The molecule has 0 spiro atoms. The van der Waals surface area contributed by atoms with Gasteiger partial charge in [0.2, 0.25) is 10.0 Å². The van der Waals surface area contributed by atoms with Crippen molar-refractivity contribution >= 4 is 37.5 Å². The molecule has 1 aliphatic rings. The highest BCUT2D eigenvalue weighted by atomic mass is 79.9. The number of ether oxygens (including phenoxy) is 1. The van der Waals surface area contributed by atoms with Crippen LogP contribution in [0, 0.1) is 0 Å². The van der Waals surface area contributed by atoms with Crippen LogP contribution in [0.1, 0.15) is 39.5 Å². The van der Waals surface area contributed by atoms with E-state index in [1.807, 2.05) is 6.92 Å². The van der Waals surface area contributed by atoms with Gasteiger partial charge in [-0.1, -0.05) is 26.2 Å². The molecule has 128 valence electrons. The lowest BCUT2D eigenvalue weighted by atomic mass is 10.1. The van der Waals surface area contributed by atoms with Crippen LogP contribution >= 0.6 is 15.9 Å². The third-order valence-corrected chi connectivity index (χ3v) is 6.10. The molecule has 0 saturated carbocycles. The topological polar surface area (TPSA) is 84.5 Å². The minimum atomic E-state index is -3.66. The summed E-state index contributed by atoms with van der Waals surface area (Å²) in [6, 6.07) is 2.83. The number of amides is 1. The number of carbonyl (C=O) groups excluding carboxylic acids is 1. The molecule has 0 unspecified atom stereocenters. The number of rotatable bonds is 7. The summed E-state index contributed by atoms with van der Waals surface area (Å²) in [7, 11) is -3.66. The first-order valence-electron chi connectivity index (χ1n) is 7.62. The number of anilines is 1. The normalized spacial score (nSPS) is 15.5. The average Bonchev–Trinajstić information content (AvgIpc) is 2.45. The molecule has 1 aromatic carbocycles. The quantitative estimate of drug-likeness (QED) is 0.683. The molecule has 2 rings (SSSR count). The van der Waals surface area contributed by atoms with Crippen molar-refractivity contribution in [3.63, 3.8) is 0 Å². The molecule has 1 aromatic rings. The Morgan fingerprint density at radius 2 is 2.13 bits per heavy atom. The fourth-order valence-electron chi connectivity index (χ4n) is 2.38. The highest BCUT2D eigenvalue weighted by molar-refractivity contribution is 9.10. The smallest absolute Gasteiger partial charge is 0.262 e. The van der Waals surface area contributed by atoms with E-state index in [1.54, 1.807) is 6.07 Å². The van der Waals surface area contributed by atoms with Crippen molar-refractivity contribution in [1.82, 2.24) is 4.72 Å². The Bertz CT molecular complexity index is 691. The Morgan fingerprint density at radius 1 is 1.39 bits per heavy atom. The second-order valence-electron chi connectivity index (χ2n) is 5.63. The van der Waals surface area contributed by atoms with Gasteiger partial charge < -0.3 is 10.1 Å². The molecule has 0 fully saturated rings. The van der Waals surface area contributed by atoms with E-state index >= 15 is 0 Å². The maximum atomic E-state index is 12.6. The predicted molar refractivity (Wildman–Crippen MR) is 92.2 cm³/mol. The van der Waals surface area contributed by atoms with Crippen molar-refractivity contribution in [1.29, 1.82) is 0 Å². The molecule has 0 aromatic heterocycles. The number of halogens is 1. The van der Waals surface area contributed by atoms with Crippen LogP contribution in [0.3, 0.4) is 0 Å². The first-order valence-corrected chi connectivity index (χ1v) is 9.89. The standard InChI is InChI=1S/C15H21BrN2O4S/c1-3-4-5-6-10(2)18-23(20,21)14-8-13-12(7-11(14)16)17-15(19)9-22-13/h7-8,10,18H,3-6,9H2,1-2H3,(H,17,19)/t10-/m1/s1. The molecule has 2 N–H and O–H groups in total. The van der Waals surface area contributed by atoms with Gasteiger partial charge in [-0.05, 0) is 35.3 Å². The van der Waals surface area contributed by atoms with Gasteiger partial charge in [-0.3, -0.25) is 4.79 Å². The Balaban J connectivity index is 2.18. The van der Waals surface area contributed by atoms with E-state index in [-0.39, 0.29) is 23.5 Å². The molecule has 1 aliphatic heterocycles. The minimum Gasteiger partial charge on any atom is -0.482 e. The van der Waals surface area contributed by atoms with Crippen molar-refractivity contribution in [3.8, 4) is 5.75 Å². The Kier molecular flexibility index (Phi) is 6.05. The summed E-state index contributed by atoms with van der Waals surface area (Å²) in [6.45, 7) is 3.85. The zero-order chi connectivity index (χ0) is 17.0. The number of nitrogens with one attached hydrogen (secondary N) is 2. The summed E-state index contributed by atoms with van der Waals surface area (Å²) >= 11 is 3.26. The maximum Gasteiger partial charge on any atom is 0.262 e.